The summed E-state index contributed by atoms with van der Waals surface area (Å²) >= 11 is 4.61. The molecule has 2 N–H and O–H groups in total. The Hall–Kier alpha value is 0.290. The molecule has 50 valence electrons. The van der Waals surface area contributed by atoms with Crippen LogP contribution in [0.15, 0.2) is 20.1 Å². The Labute approximate surface area is 67.8 Å². The summed E-state index contributed by atoms with van der Waals surface area (Å²) in [5, 5.41) is 6.94. The second-order valence-electron chi connectivity index (χ2n) is 1.38. The fraction of sp³-hybridized carbons (Fsp3) is 0. The predicted molar refractivity (Wildman–Crippen MR) is 42.6 cm³/mol. The summed E-state index contributed by atoms with van der Waals surface area (Å²) in [5.74, 6) is 0. The van der Waals surface area contributed by atoms with Crippen molar-refractivity contribution in [2.45, 2.75) is 4.21 Å². The summed E-state index contributed by atoms with van der Waals surface area (Å²) in [6.45, 7) is 0. The summed E-state index contributed by atoms with van der Waals surface area (Å²) in [6.07, 6.45) is 0. The standard InChI is InChI=1S/C4H4BrNOS2/c5-3-1-4(8-2-3)9(6)7/h1-2H,6H2. The molecule has 1 aromatic heterocycles. The van der Waals surface area contributed by atoms with Crippen molar-refractivity contribution in [2.24, 2.45) is 5.14 Å². The summed E-state index contributed by atoms with van der Waals surface area (Å²) in [5.41, 5.74) is 0. The zero-order valence-electron chi connectivity index (χ0n) is 4.33. The molecule has 1 atom stereocenters. The Bertz CT molecular complexity index is 234. The van der Waals surface area contributed by atoms with Gasteiger partial charge >= 0.3 is 0 Å². The molecule has 0 amide bonds. The van der Waals surface area contributed by atoms with Gasteiger partial charge in [-0.3, -0.25) is 0 Å². The first kappa shape index (κ1) is 7.40. The van der Waals surface area contributed by atoms with Gasteiger partial charge in [0.15, 0.2) is 0 Å². The molecule has 0 spiro atoms. The van der Waals surface area contributed by atoms with Crippen molar-refractivity contribution in [1.82, 2.24) is 0 Å². The fourth-order valence-corrected chi connectivity index (χ4v) is 2.47. The second-order valence-corrected chi connectivity index (χ2v) is 4.50. The number of halogens is 1. The average Bonchev–Trinajstić information content (AvgIpc) is 2.14. The zero-order valence-corrected chi connectivity index (χ0v) is 7.55. The van der Waals surface area contributed by atoms with Gasteiger partial charge < -0.3 is 0 Å². The van der Waals surface area contributed by atoms with Crippen LogP contribution < -0.4 is 5.14 Å². The van der Waals surface area contributed by atoms with Crippen molar-refractivity contribution in [3.05, 3.63) is 15.9 Å². The largest absolute Gasteiger partial charge is 0.247 e. The minimum Gasteiger partial charge on any atom is -0.247 e. The molecular formula is C4H4BrNOS2. The van der Waals surface area contributed by atoms with Gasteiger partial charge in [0.1, 0.15) is 15.2 Å². The molecular weight excluding hydrogens is 222 g/mol. The third-order valence-electron chi connectivity index (χ3n) is 0.742. The molecule has 0 saturated carbocycles. The molecule has 2 nitrogen and oxygen atoms in total. The van der Waals surface area contributed by atoms with Crippen molar-refractivity contribution < 1.29 is 4.21 Å². The van der Waals surface area contributed by atoms with Crippen LogP contribution in [0, 0.1) is 0 Å². The van der Waals surface area contributed by atoms with Gasteiger partial charge in [-0.25, -0.2) is 9.35 Å². The lowest BCUT2D eigenvalue weighted by atomic mass is 10.7. The molecule has 9 heavy (non-hydrogen) atoms. The molecule has 0 aliphatic heterocycles. The van der Waals surface area contributed by atoms with E-state index in [-0.39, 0.29) is 0 Å². The van der Waals surface area contributed by atoms with Crippen molar-refractivity contribution >= 4 is 38.3 Å². The van der Waals surface area contributed by atoms with E-state index in [9.17, 15) is 4.21 Å². The van der Waals surface area contributed by atoms with E-state index in [0.717, 1.165) is 4.47 Å². The van der Waals surface area contributed by atoms with Crippen LogP contribution in [0.4, 0.5) is 0 Å². The van der Waals surface area contributed by atoms with Gasteiger partial charge in [-0.15, -0.1) is 11.3 Å². The minimum absolute atomic E-state index is 0.696. The van der Waals surface area contributed by atoms with Gasteiger partial charge in [-0.05, 0) is 22.0 Å². The van der Waals surface area contributed by atoms with Crippen LogP contribution in [0.25, 0.3) is 0 Å². The molecule has 0 aliphatic carbocycles. The summed E-state index contributed by atoms with van der Waals surface area (Å²) in [7, 11) is -1.32. The quantitative estimate of drug-likeness (QED) is 0.774. The van der Waals surface area contributed by atoms with Gasteiger partial charge in [-0.1, -0.05) is 0 Å². The molecule has 0 radical (unpaired) electrons. The van der Waals surface area contributed by atoms with E-state index in [1.165, 1.54) is 11.3 Å². The Kier molecular flexibility index (Phi) is 2.40. The van der Waals surface area contributed by atoms with E-state index in [1.807, 2.05) is 5.38 Å². The molecule has 1 unspecified atom stereocenters. The first-order valence-corrected chi connectivity index (χ1v) is 4.99. The van der Waals surface area contributed by atoms with Crippen molar-refractivity contribution in [3.63, 3.8) is 0 Å². The van der Waals surface area contributed by atoms with Crippen LogP contribution >= 0.6 is 27.3 Å². The number of hydrogen-bond donors (Lipinski definition) is 1. The molecule has 1 heterocycles. The van der Waals surface area contributed by atoms with Gasteiger partial charge in [0.05, 0.1) is 0 Å². The second kappa shape index (κ2) is 2.92. The van der Waals surface area contributed by atoms with Gasteiger partial charge in [-0.2, -0.15) is 0 Å². The molecule has 0 saturated heterocycles. The van der Waals surface area contributed by atoms with Crippen molar-refractivity contribution in [2.75, 3.05) is 0 Å². The highest BCUT2D eigenvalue weighted by atomic mass is 79.9. The highest BCUT2D eigenvalue weighted by molar-refractivity contribution is 9.10. The maximum atomic E-state index is 10.5. The molecule has 0 aromatic carbocycles. The van der Waals surface area contributed by atoms with Crippen molar-refractivity contribution in [1.29, 1.82) is 0 Å². The normalized spacial score (nSPS) is 13.6. The Morgan fingerprint density at radius 3 is 2.67 bits per heavy atom. The fourth-order valence-electron chi connectivity index (χ4n) is 0.400. The molecule has 1 rings (SSSR count). The van der Waals surface area contributed by atoms with Gasteiger partial charge in [0, 0.05) is 9.85 Å². The van der Waals surface area contributed by atoms with E-state index in [1.54, 1.807) is 6.07 Å². The van der Waals surface area contributed by atoms with Crippen LogP contribution in [0.1, 0.15) is 0 Å². The summed E-state index contributed by atoms with van der Waals surface area (Å²) in [4.78, 5) is 0. The van der Waals surface area contributed by atoms with E-state index in [0.29, 0.717) is 4.21 Å². The lowest BCUT2D eigenvalue weighted by Gasteiger charge is -1.82. The lowest BCUT2D eigenvalue weighted by Crippen LogP contribution is -1.99. The zero-order chi connectivity index (χ0) is 6.85. The Balaban J connectivity index is 2.98. The maximum absolute atomic E-state index is 10.5. The van der Waals surface area contributed by atoms with Crippen LogP contribution in [-0.2, 0) is 11.0 Å². The number of rotatable bonds is 1. The van der Waals surface area contributed by atoms with E-state index >= 15 is 0 Å². The third kappa shape index (κ3) is 1.86. The van der Waals surface area contributed by atoms with Crippen LogP contribution in [0.5, 0.6) is 0 Å². The van der Waals surface area contributed by atoms with Crippen LogP contribution in [0.3, 0.4) is 0 Å². The predicted octanol–water partition coefficient (Wildman–Crippen LogP) is 1.49. The smallest absolute Gasteiger partial charge is 0.132 e. The van der Waals surface area contributed by atoms with Gasteiger partial charge in [0.2, 0.25) is 0 Å². The molecule has 0 bridgehead atoms. The van der Waals surface area contributed by atoms with Gasteiger partial charge in [0.25, 0.3) is 0 Å². The molecule has 0 aliphatic rings. The SMILES string of the molecule is NS(=O)c1cc(Br)cs1. The topological polar surface area (TPSA) is 43.1 Å². The van der Waals surface area contributed by atoms with E-state index in [2.05, 4.69) is 15.9 Å². The molecule has 0 fully saturated rings. The Morgan fingerprint density at radius 1 is 1.78 bits per heavy atom. The summed E-state index contributed by atoms with van der Waals surface area (Å²) in [6, 6.07) is 1.75. The van der Waals surface area contributed by atoms with Crippen LogP contribution in [0.2, 0.25) is 0 Å². The number of thiophene rings is 1. The maximum Gasteiger partial charge on any atom is 0.132 e. The average molecular weight is 226 g/mol. The van der Waals surface area contributed by atoms with Crippen molar-refractivity contribution in [3.8, 4) is 0 Å². The molecule has 1 aromatic rings. The monoisotopic (exact) mass is 225 g/mol. The van der Waals surface area contributed by atoms with Crippen LogP contribution in [-0.4, -0.2) is 4.21 Å². The first-order chi connectivity index (χ1) is 4.20. The third-order valence-corrected chi connectivity index (χ3v) is 3.52. The number of hydrogen-bond acceptors (Lipinski definition) is 2. The Morgan fingerprint density at radius 2 is 2.44 bits per heavy atom. The van der Waals surface area contributed by atoms with E-state index in [4.69, 9.17) is 5.14 Å². The highest BCUT2D eigenvalue weighted by Gasteiger charge is 1.99. The lowest BCUT2D eigenvalue weighted by molar-refractivity contribution is 0.685. The van der Waals surface area contributed by atoms with E-state index < -0.39 is 11.0 Å². The molecule has 5 heteroatoms. The summed E-state index contributed by atoms with van der Waals surface area (Å²) < 4.78 is 12.2. The highest BCUT2D eigenvalue weighted by Crippen LogP contribution is 2.20. The minimum atomic E-state index is -1.32. The first-order valence-electron chi connectivity index (χ1n) is 2.10. The number of nitrogens with two attached hydrogens (primary N) is 1.